The molecule has 1 aliphatic rings. The highest BCUT2D eigenvalue weighted by atomic mass is 35.5. The SMILES string of the molecule is CN1CCN(CCNc2cnn(C)c(=O)c2Cl)CC1. The van der Waals surface area contributed by atoms with E-state index in [0.717, 1.165) is 39.3 Å². The molecule has 0 aromatic carbocycles. The molecule has 0 unspecified atom stereocenters. The predicted octanol–water partition coefficient (Wildman–Crippen LogP) is 0.0930. The molecular formula is C12H20ClN5O. The normalized spacial score (nSPS) is 17.6. The van der Waals surface area contributed by atoms with Gasteiger partial charge in [-0.05, 0) is 7.05 Å². The van der Waals surface area contributed by atoms with Crippen molar-refractivity contribution in [3.63, 3.8) is 0 Å². The molecule has 1 aromatic heterocycles. The van der Waals surface area contributed by atoms with Crippen molar-refractivity contribution < 1.29 is 0 Å². The molecule has 19 heavy (non-hydrogen) atoms. The summed E-state index contributed by atoms with van der Waals surface area (Å²) in [6.07, 6.45) is 1.59. The highest BCUT2D eigenvalue weighted by Gasteiger charge is 2.13. The molecule has 0 radical (unpaired) electrons. The summed E-state index contributed by atoms with van der Waals surface area (Å²) in [6, 6.07) is 0. The van der Waals surface area contributed by atoms with E-state index in [9.17, 15) is 4.79 Å². The number of piperazine rings is 1. The Hall–Kier alpha value is -1.11. The standard InChI is InChI=1S/C12H20ClN5O/c1-16-5-7-18(8-6-16)4-3-14-10-9-15-17(2)12(19)11(10)13/h9,14H,3-8H2,1-2H3. The number of halogens is 1. The van der Waals surface area contributed by atoms with Crippen LogP contribution in [0, 0.1) is 0 Å². The second-order valence-electron chi connectivity index (χ2n) is 4.87. The van der Waals surface area contributed by atoms with Crippen LogP contribution in [0.2, 0.25) is 5.02 Å². The van der Waals surface area contributed by atoms with E-state index in [4.69, 9.17) is 11.6 Å². The molecule has 106 valence electrons. The van der Waals surface area contributed by atoms with E-state index in [1.807, 2.05) is 0 Å². The first-order valence-electron chi connectivity index (χ1n) is 6.44. The molecule has 7 heteroatoms. The van der Waals surface area contributed by atoms with Crippen LogP contribution in [0.5, 0.6) is 0 Å². The number of aryl methyl sites for hydroxylation is 1. The van der Waals surface area contributed by atoms with Gasteiger partial charge in [-0.1, -0.05) is 11.6 Å². The third-order valence-electron chi connectivity index (χ3n) is 3.42. The lowest BCUT2D eigenvalue weighted by atomic mass is 10.3. The first-order chi connectivity index (χ1) is 9.08. The van der Waals surface area contributed by atoms with Crippen molar-refractivity contribution in [2.75, 3.05) is 51.6 Å². The van der Waals surface area contributed by atoms with Crippen LogP contribution in [0.1, 0.15) is 0 Å². The van der Waals surface area contributed by atoms with Crippen molar-refractivity contribution in [3.8, 4) is 0 Å². The third kappa shape index (κ3) is 3.68. The zero-order valence-corrected chi connectivity index (χ0v) is 12.2. The van der Waals surface area contributed by atoms with Crippen LogP contribution in [-0.4, -0.2) is 65.9 Å². The highest BCUT2D eigenvalue weighted by molar-refractivity contribution is 6.32. The van der Waals surface area contributed by atoms with E-state index < -0.39 is 0 Å². The van der Waals surface area contributed by atoms with E-state index in [-0.39, 0.29) is 10.6 Å². The maximum absolute atomic E-state index is 11.6. The lowest BCUT2D eigenvalue weighted by molar-refractivity contribution is 0.158. The maximum Gasteiger partial charge on any atom is 0.287 e. The van der Waals surface area contributed by atoms with Crippen molar-refractivity contribution in [1.29, 1.82) is 0 Å². The molecule has 0 amide bonds. The van der Waals surface area contributed by atoms with Gasteiger partial charge in [0.2, 0.25) is 0 Å². The van der Waals surface area contributed by atoms with Crippen LogP contribution in [0.3, 0.4) is 0 Å². The quantitative estimate of drug-likeness (QED) is 0.850. The van der Waals surface area contributed by atoms with Gasteiger partial charge in [0.05, 0.1) is 11.9 Å². The molecule has 0 saturated carbocycles. The van der Waals surface area contributed by atoms with Crippen molar-refractivity contribution in [2.45, 2.75) is 0 Å². The number of aromatic nitrogens is 2. The number of nitrogens with one attached hydrogen (secondary N) is 1. The Morgan fingerprint density at radius 3 is 2.68 bits per heavy atom. The van der Waals surface area contributed by atoms with Gasteiger partial charge < -0.3 is 10.2 Å². The summed E-state index contributed by atoms with van der Waals surface area (Å²) in [4.78, 5) is 16.3. The molecule has 0 bridgehead atoms. The van der Waals surface area contributed by atoms with Crippen LogP contribution < -0.4 is 10.9 Å². The summed E-state index contributed by atoms with van der Waals surface area (Å²) in [5.41, 5.74) is 0.338. The zero-order valence-electron chi connectivity index (χ0n) is 11.4. The van der Waals surface area contributed by atoms with Gasteiger partial charge in [0.1, 0.15) is 5.02 Å². The van der Waals surface area contributed by atoms with Crippen LogP contribution in [0.4, 0.5) is 5.69 Å². The first-order valence-corrected chi connectivity index (χ1v) is 6.82. The van der Waals surface area contributed by atoms with Gasteiger partial charge in [0.25, 0.3) is 5.56 Å². The van der Waals surface area contributed by atoms with Gasteiger partial charge in [-0.2, -0.15) is 5.10 Å². The van der Waals surface area contributed by atoms with Crippen LogP contribution in [0.25, 0.3) is 0 Å². The van der Waals surface area contributed by atoms with Gasteiger partial charge >= 0.3 is 0 Å². The van der Waals surface area contributed by atoms with E-state index in [1.165, 1.54) is 4.68 Å². The Bertz CT molecular complexity index is 481. The molecule has 0 aliphatic carbocycles. The predicted molar refractivity (Wildman–Crippen MR) is 76.9 cm³/mol. The highest BCUT2D eigenvalue weighted by Crippen LogP contribution is 2.14. The summed E-state index contributed by atoms with van der Waals surface area (Å²) in [7, 11) is 3.73. The molecule has 2 rings (SSSR count). The fourth-order valence-electron chi connectivity index (χ4n) is 2.05. The minimum absolute atomic E-state index is 0.205. The Morgan fingerprint density at radius 2 is 2.00 bits per heavy atom. The molecule has 1 aliphatic heterocycles. The molecule has 1 aromatic rings. The Labute approximate surface area is 117 Å². The largest absolute Gasteiger partial charge is 0.381 e. The summed E-state index contributed by atoms with van der Waals surface area (Å²) in [6.45, 7) is 6.08. The molecule has 1 saturated heterocycles. The number of hydrogen-bond donors (Lipinski definition) is 1. The molecule has 6 nitrogen and oxygen atoms in total. The third-order valence-corrected chi connectivity index (χ3v) is 3.78. The zero-order chi connectivity index (χ0) is 13.8. The lowest BCUT2D eigenvalue weighted by Crippen LogP contribution is -2.45. The summed E-state index contributed by atoms with van der Waals surface area (Å²) >= 11 is 5.98. The number of rotatable bonds is 4. The van der Waals surface area contributed by atoms with Crippen molar-refractivity contribution in [2.24, 2.45) is 7.05 Å². The van der Waals surface area contributed by atoms with Crippen molar-refractivity contribution >= 4 is 17.3 Å². The summed E-state index contributed by atoms with van der Waals surface area (Å²) in [5.74, 6) is 0. The average molecular weight is 286 g/mol. The topological polar surface area (TPSA) is 53.4 Å². The molecular weight excluding hydrogens is 266 g/mol. The molecule has 2 heterocycles. The first kappa shape index (κ1) is 14.3. The number of nitrogens with zero attached hydrogens (tertiary/aromatic N) is 4. The Kier molecular flexibility index (Phi) is 4.79. The number of anilines is 1. The smallest absolute Gasteiger partial charge is 0.287 e. The molecule has 0 spiro atoms. The molecule has 0 atom stereocenters. The van der Waals surface area contributed by atoms with E-state index in [0.29, 0.717) is 5.69 Å². The summed E-state index contributed by atoms with van der Waals surface area (Å²) in [5, 5.41) is 7.33. The number of hydrogen-bond acceptors (Lipinski definition) is 5. The molecule has 1 N–H and O–H groups in total. The Balaban J connectivity index is 1.83. The van der Waals surface area contributed by atoms with E-state index >= 15 is 0 Å². The van der Waals surface area contributed by atoms with Crippen LogP contribution in [0.15, 0.2) is 11.0 Å². The monoisotopic (exact) mass is 285 g/mol. The summed E-state index contributed by atoms with van der Waals surface area (Å²) < 4.78 is 1.23. The van der Waals surface area contributed by atoms with E-state index in [2.05, 4.69) is 27.3 Å². The second kappa shape index (κ2) is 6.36. The minimum Gasteiger partial charge on any atom is -0.381 e. The van der Waals surface area contributed by atoms with Crippen molar-refractivity contribution in [3.05, 3.63) is 21.6 Å². The van der Waals surface area contributed by atoms with Gasteiger partial charge in [0.15, 0.2) is 0 Å². The van der Waals surface area contributed by atoms with Crippen LogP contribution >= 0.6 is 11.6 Å². The second-order valence-corrected chi connectivity index (χ2v) is 5.25. The van der Waals surface area contributed by atoms with Crippen molar-refractivity contribution in [1.82, 2.24) is 19.6 Å². The minimum atomic E-state index is -0.272. The maximum atomic E-state index is 11.6. The van der Waals surface area contributed by atoms with Crippen LogP contribution in [-0.2, 0) is 7.05 Å². The Morgan fingerprint density at radius 1 is 1.32 bits per heavy atom. The fraction of sp³-hybridized carbons (Fsp3) is 0.667. The van der Waals surface area contributed by atoms with Gasteiger partial charge in [0, 0.05) is 46.3 Å². The van der Waals surface area contributed by atoms with Gasteiger partial charge in [-0.3, -0.25) is 9.69 Å². The average Bonchev–Trinajstić information content (AvgIpc) is 2.41. The number of likely N-dealkylation sites (N-methyl/N-ethyl adjacent to an activating group) is 1. The lowest BCUT2D eigenvalue weighted by Gasteiger charge is -2.32. The molecule has 1 fully saturated rings. The van der Waals surface area contributed by atoms with Gasteiger partial charge in [-0.25, -0.2) is 4.68 Å². The fourth-order valence-corrected chi connectivity index (χ4v) is 2.29. The van der Waals surface area contributed by atoms with Gasteiger partial charge in [-0.15, -0.1) is 0 Å². The van der Waals surface area contributed by atoms with E-state index in [1.54, 1.807) is 13.2 Å².